The number of methoxy groups -OCH3 is 1. The van der Waals surface area contributed by atoms with Gasteiger partial charge in [-0.25, -0.2) is 9.36 Å². The van der Waals surface area contributed by atoms with Gasteiger partial charge in [0, 0.05) is 18.9 Å². The highest BCUT2D eigenvalue weighted by molar-refractivity contribution is 5.82. The molecular formula is C24H22N4O4. The number of ether oxygens (including phenoxy) is 1. The predicted molar refractivity (Wildman–Crippen MR) is 121 cm³/mol. The van der Waals surface area contributed by atoms with Crippen molar-refractivity contribution in [3.8, 4) is 11.4 Å². The van der Waals surface area contributed by atoms with Crippen LogP contribution in [0.15, 0.2) is 76.6 Å². The molecule has 32 heavy (non-hydrogen) atoms. The van der Waals surface area contributed by atoms with Crippen LogP contribution in [0.5, 0.6) is 5.75 Å². The van der Waals surface area contributed by atoms with Crippen molar-refractivity contribution in [3.63, 3.8) is 0 Å². The zero-order chi connectivity index (χ0) is 22.7. The van der Waals surface area contributed by atoms with Crippen molar-refractivity contribution in [2.45, 2.75) is 20.0 Å². The normalized spacial score (nSPS) is 10.8. The molecule has 2 heterocycles. The van der Waals surface area contributed by atoms with E-state index in [2.05, 4.69) is 10.3 Å². The Morgan fingerprint density at radius 3 is 2.66 bits per heavy atom. The number of amides is 1. The Morgan fingerprint density at radius 2 is 1.91 bits per heavy atom. The summed E-state index contributed by atoms with van der Waals surface area (Å²) >= 11 is 0. The lowest BCUT2D eigenvalue weighted by atomic mass is 10.1. The van der Waals surface area contributed by atoms with Crippen LogP contribution < -0.4 is 21.3 Å². The lowest BCUT2D eigenvalue weighted by Gasteiger charge is -2.16. The molecule has 2 aromatic carbocycles. The number of hydrogen-bond acceptors (Lipinski definition) is 5. The highest BCUT2D eigenvalue weighted by Gasteiger charge is 2.18. The SMILES string of the molecule is COc1ccccc1-n1c(=O)c2cc(C)ccc2n(CC(=O)NCc2cccnc2)c1=O. The monoisotopic (exact) mass is 430 g/mol. The summed E-state index contributed by atoms with van der Waals surface area (Å²) in [6.45, 7) is 1.90. The highest BCUT2D eigenvalue weighted by Crippen LogP contribution is 2.20. The molecule has 0 saturated carbocycles. The zero-order valence-corrected chi connectivity index (χ0v) is 17.7. The molecule has 8 nitrogen and oxygen atoms in total. The topological polar surface area (TPSA) is 95.2 Å². The van der Waals surface area contributed by atoms with Gasteiger partial charge < -0.3 is 10.1 Å². The molecule has 0 unspecified atom stereocenters. The Labute approximate surface area is 183 Å². The van der Waals surface area contributed by atoms with Gasteiger partial charge in [-0.05, 0) is 42.8 Å². The summed E-state index contributed by atoms with van der Waals surface area (Å²) < 4.78 is 7.72. The molecule has 1 amide bonds. The first-order valence-electron chi connectivity index (χ1n) is 10.0. The average Bonchev–Trinajstić information content (AvgIpc) is 2.81. The van der Waals surface area contributed by atoms with E-state index < -0.39 is 11.2 Å². The van der Waals surface area contributed by atoms with Crippen LogP contribution in [0, 0.1) is 6.92 Å². The molecule has 4 aromatic rings. The van der Waals surface area contributed by atoms with Crippen molar-refractivity contribution in [2.75, 3.05) is 7.11 Å². The molecule has 0 aliphatic carbocycles. The van der Waals surface area contributed by atoms with Gasteiger partial charge in [0.2, 0.25) is 5.91 Å². The molecule has 162 valence electrons. The molecule has 0 fully saturated rings. The third kappa shape index (κ3) is 4.02. The molecule has 0 spiro atoms. The van der Waals surface area contributed by atoms with Gasteiger partial charge in [0.05, 0.1) is 23.7 Å². The molecular weight excluding hydrogens is 408 g/mol. The lowest BCUT2D eigenvalue weighted by Crippen LogP contribution is -2.42. The third-order valence-electron chi connectivity index (χ3n) is 5.14. The number of carbonyl (C=O) groups is 1. The maximum absolute atomic E-state index is 13.4. The van der Waals surface area contributed by atoms with Crippen LogP contribution in [0.3, 0.4) is 0 Å². The van der Waals surface area contributed by atoms with E-state index in [0.717, 1.165) is 15.7 Å². The fourth-order valence-corrected chi connectivity index (χ4v) is 3.57. The maximum atomic E-state index is 13.4. The molecule has 0 bridgehead atoms. The summed E-state index contributed by atoms with van der Waals surface area (Å²) in [6.07, 6.45) is 3.31. The minimum atomic E-state index is -0.618. The molecule has 0 radical (unpaired) electrons. The average molecular weight is 430 g/mol. The number of nitrogens with zero attached hydrogens (tertiary/aromatic N) is 3. The smallest absolute Gasteiger partial charge is 0.336 e. The summed E-state index contributed by atoms with van der Waals surface area (Å²) in [4.78, 5) is 43.5. The molecule has 0 atom stereocenters. The van der Waals surface area contributed by atoms with Crippen LogP contribution in [0.4, 0.5) is 0 Å². The molecule has 8 heteroatoms. The van der Waals surface area contributed by atoms with E-state index in [1.165, 1.54) is 11.7 Å². The second kappa shape index (κ2) is 8.89. The Kier molecular flexibility index (Phi) is 5.85. The Balaban J connectivity index is 1.82. The molecule has 0 aliphatic heterocycles. The Morgan fingerprint density at radius 1 is 1.09 bits per heavy atom. The Bertz CT molecular complexity index is 1410. The van der Waals surface area contributed by atoms with Gasteiger partial charge in [0.25, 0.3) is 5.56 Å². The summed E-state index contributed by atoms with van der Waals surface area (Å²) in [5, 5.41) is 3.14. The standard InChI is InChI=1S/C24H22N4O4/c1-16-9-10-19-18(12-16)23(30)28(20-7-3-4-8-21(20)32-2)24(31)27(19)15-22(29)26-14-17-6-5-11-25-13-17/h3-13H,14-15H2,1-2H3,(H,26,29). The van der Waals surface area contributed by atoms with Gasteiger partial charge in [-0.2, -0.15) is 0 Å². The maximum Gasteiger partial charge on any atom is 0.336 e. The van der Waals surface area contributed by atoms with Crippen LogP contribution in [-0.4, -0.2) is 27.1 Å². The van der Waals surface area contributed by atoms with E-state index in [-0.39, 0.29) is 19.0 Å². The number of benzene rings is 2. The van der Waals surface area contributed by atoms with Crippen molar-refractivity contribution in [2.24, 2.45) is 0 Å². The van der Waals surface area contributed by atoms with Gasteiger partial charge in [-0.3, -0.25) is 19.1 Å². The second-order valence-electron chi connectivity index (χ2n) is 7.34. The summed E-state index contributed by atoms with van der Waals surface area (Å²) in [6, 6.07) is 15.6. The first-order valence-corrected chi connectivity index (χ1v) is 10.0. The number of carbonyl (C=O) groups excluding carboxylic acids is 1. The molecule has 4 rings (SSSR count). The fourth-order valence-electron chi connectivity index (χ4n) is 3.57. The summed E-state index contributed by atoms with van der Waals surface area (Å²) in [7, 11) is 1.47. The molecule has 0 aliphatic rings. The Hall–Kier alpha value is -4.20. The molecule has 0 saturated heterocycles. The van der Waals surface area contributed by atoms with Crippen LogP contribution in [-0.2, 0) is 17.9 Å². The summed E-state index contributed by atoms with van der Waals surface area (Å²) in [5.41, 5.74) is 1.34. The van der Waals surface area contributed by atoms with Gasteiger partial charge in [-0.1, -0.05) is 29.8 Å². The minimum Gasteiger partial charge on any atom is -0.495 e. The number of hydrogen-bond donors (Lipinski definition) is 1. The number of rotatable bonds is 6. The van der Waals surface area contributed by atoms with Crippen LogP contribution in [0.1, 0.15) is 11.1 Å². The fraction of sp³-hybridized carbons (Fsp3) is 0.167. The van der Waals surface area contributed by atoms with Crippen molar-refractivity contribution in [3.05, 3.63) is 99.0 Å². The highest BCUT2D eigenvalue weighted by atomic mass is 16.5. The quantitative estimate of drug-likeness (QED) is 0.506. The first-order chi connectivity index (χ1) is 15.5. The number of aromatic nitrogens is 3. The van der Waals surface area contributed by atoms with E-state index >= 15 is 0 Å². The predicted octanol–water partition coefficient (Wildman–Crippen LogP) is 2.18. The summed E-state index contributed by atoms with van der Waals surface area (Å²) in [5.74, 6) is 0.0225. The van der Waals surface area contributed by atoms with Crippen molar-refractivity contribution < 1.29 is 9.53 Å². The van der Waals surface area contributed by atoms with E-state index in [4.69, 9.17) is 4.74 Å². The number of aryl methyl sites for hydroxylation is 1. The van der Waals surface area contributed by atoms with Crippen molar-refractivity contribution in [1.82, 2.24) is 19.4 Å². The lowest BCUT2D eigenvalue weighted by molar-refractivity contribution is -0.121. The van der Waals surface area contributed by atoms with Gasteiger partial charge in [0.15, 0.2) is 0 Å². The van der Waals surface area contributed by atoms with E-state index in [1.807, 2.05) is 13.0 Å². The number of nitrogens with one attached hydrogen (secondary N) is 1. The molecule has 2 aromatic heterocycles. The van der Waals surface area contributed by atoms with E-state index in [0.29, 0.717) is 22.3 Å². The third-order valence-corrected chi connectivity index (χ3v) is 5.14. The minimum absolute atomic E-state index is 0.242. The van der Waals surface area contributed by atoms with Crippen molar-refractivity contribution in [1.29, 1.82) is 0 Å². The molecule has 1 N–H and O–H groups in total. The largest absolute Gasteiger partial charge is 0.495 e. The zero-order valence-electron chi connectivity index (χ0n) is 17.7. The van der Waals surface area contributed by atoms with Gasteiger partial charge >= 0.3 is 5.69 Å². The van der Waals surface area contributed by atoms with Gasteiger partial charge in [0.1, 0.15) is 12.3 Å². The number of pyridine rings is 1. The van der Waals surface area contributed by atoms with Crippen LogP contribution >= 0.6 is 0 Å². The number of fused-ring (bicyclic) bond motifs is 1. The van der Waals surface area contributed by atoms with E-state index in [9.17, 15) is 14.4 Å². The van der Waals surface area contributed by atoms with Crippen LogP contribution in [0.25, 0.3) is 16.6 Å². The van der Waals surface area contributed by atoms with Crippen molar-refractivity contribution >= 4 is 16.8 Å². The first kappa shape index (κ1) is 21.0. The van der Waals surface area contributed by atoms with Gasteiger partial charge in [-0.15, -0.1) is 0 Å². The number of para-hydroxylation sites is 2. The van der Waals surface area contributed by atoms with E-state index in [1.54, 1.807) is 60.9 Å². The second-order valence-corrected chi connectivity index (χ2v) is 7.34. The van der Waals surface area contributed by atoms with Crippen LogP contribution in [0.2, 0.25) is 0 Å².